The second-order valence-corrected chi connectivity index (χ2v) is 11.2. The summed E-state index contributed by atoms with van der Waals surface area (Å²) in [5.74, 6) is 0. The third-order valence-corrected chi connectivity index (χ3v) is 6.11. The van der Waals surface area contributed by atoms with E-state index in [4.69, 9.17) is 22.2 Å². The van der Waals surface area contributed by atoms with Crippen LogP contribution in [0.1, 0.15) is 33.1 Å². The lowest BCUT2D eigenvalue weighted by Gasteiger charge is -2.18. The standard InChI is InChI=1S/C7H16Cl2Si/c1-4-5-6-7(2)10(3,8)9/h7H,4-6H2,1-3H3. The van der Waals surface area contributed by atoms with Gasteiger partial charge in [-0.15, -0.1) is 22.2 Å². The van der Waals surface area contributed by atoms with Crippen molar-refractivity contribution in [1.29, 1.82) is 0 Å². The van der Waals surface area contributed by atoms with Gasteiger partial charge in [-0.3, -0.25) is 0 Å². The van der Waals surface area contributed by atoms with Crippen molar-refractivity contribution >= 4 is 28.9 Å². The van der Waals surface area contributed by atoms with Gasteiger partial charge in [-0.2, -0.15) is 0 Å². The van der Waals surface area contributed by atoms with E-state index in [0.29, 0.717) is 5.54 Å². The van der Waals surface area contributed by atoms with Crippen LogP contribution in [0.5, 0.6) is 0 Å². The van der Waals surface area contributed by atoms with Gasteiger partial charge in [-0.25, -0.2) is 0 Å². The molecule has 62 valence electrons. The summed E-state index contributed by atoms with van der Waals surface area (Å²) in [4.78, 5) is 0. The Morgan fingerprint density at radius 2 is 1.90 bits per heavy atom. The Balaban J connectivity index is 3.52. The first-order valence-corrected chi connectivity index (χ1v) is 8.46. The lowest BCUT2D eigenvalue weighted by atomic mass is 10.2. The Morgan fingerprint density at radius 1 is 1.40 bits per heavy atom. The van der Waals surface area contributed by atoms with E-state index < -0.39 is 6.69 Å². The predicted molar refractivity (Wildman–Crippen MR) is 52.3 cm³/mol. The summed E-state index contributed by atoms with van der Waals surface area (Å²) < 4.78 is 0. The van der Waals surface area contributed by atoms with Crippen molar-refractivity contribution in [2.75, 3.05) is 0 Å². The van der Waals surface area contributed by atoms with Gasteiger partial charge in [0.1, 0.15) is 0 Å². The van der Waals surface area contributed by atoms with E-state index >= 15 is 0 Å². The SMILES string of the molecule is CCCCC(C)[Si](C)(Cl)Cl. The van der Waals surface area contributed by atoms with Gasteiger partial charge in [0.05, 0.1) is 0 Å². The first kappa shape index (κ1) is 10.8. The summed E-state index contributed by atoms with van der Waals surface area (Å²) in [5.41, 5.74) is 0.538. The molecule has 0 rings (SSSR count). The Bertz CT molecular complexity index is 88.1. The molecule has 10 heavy (non-hydrogen) atoms. The van der Waals surface area contributed by atoms with Crippen molar-refractivity contribution in [3.8, 4) is 0 Å². The minimum absolute atomic E-state index is 0.538. The molecule has 0 aliphatic rings. The van der Waals surface area contributed by atoms with Gasteiger partial charge >= 0.3 is 0 Å². The Kier molecular flexibility index (Phi) is 5.00. The van der Waals surface area contributed by atoms with Gasteiger partial charge in [0.2, 0.25) is 0 Å². The second kappa shape index (κ2) is 4.63. The van der Waals surface area contributed by atoms with Crippen LogP contribution in [-0.4, -0.2) is 6.69 Å². The van der Waals surface area contributed by atoms with E-state index in [1.165, 1.54) is 19.3 Å². The molecule has 0 fully saturated rings. The largest absolute Gasteiger partial charge is 0.251 e. The van der Waals surface area contributed by atoms with E-state index in [9.17, 15) is 0 Å². The van der Waals surface area contributed by atoms with Crippen molar-refractivity contribution in [3.63, 3.8) is 0 Å². The maximum atomic E-state index is 6.02. The molecule has 1 unspecified atom stereocenters. The lowest BCUT2D eigenvalue weighted by molar-refractivity contribution is 0.693. The van der Waals surface area contributed by atoms with Gasteiger partial charge < -0.3 is 0 Å². The van der Waals surface area contributed by atoms with E-state index in [2.05, 4.69) is 13.8 Å². The maximum Gasteiger partial charge on any atom is 0.251 e. The van der Waals surface area contributed by atoms with Crippen LogP contribution in [0.15, 0.2) is 0 Å². The molecule has 0 saturated heterocycles. The molecule has 0 nitrogen and oxygen atoms in total. The smallest absolute Gasteiger partial charge is 0.146 e. The van der Waals surface area contributed by atoms with Crippen LogP contribution in [0, 0.1) is 0 Å². The summed E-state index contributed by atoms with van der Waals surface area (Å²) in [7, 11) is 0. The van der Waals surface area contributed by atoms with Crippen LogP contribution in [0.4, 0.5) is 0 Å². The van der Waals surface area contributed by atoms with E-state index in [1.54, 1.807) is 0 Å². The number of hydrogen-bond donors (Lipinski definition) is 0. The molecule has 0 bridgehead atoms. The molecule has 0 aromatic rings. The molecule has 0 spiro atoms. The summed E-state index contributed by atoms with van der Waals surface area (Å²) in [6, 6.07) is 0. The van der Waals surface area contributed by atoms with Crippen molar-refractivity contribution in [2.45, 2.75) is 45.2 Å². The minimum Gasteiger partial charge on any atom is -0.146 e. The summed E-state index contributed by atoms with van der Waals surface area (Å²) in [6.07, 6.45) is 3.68. The van der Waals surface area contributed by atoms with Crippen molar-refractivity contribution < 1.29 is 0 Å². The number of unbranched alkanes of at least 4 members (excludes halogenated alkanes) is 1. The maximum absolute atomic E-state index is 6.02. The van der Waals surface area contributed by atoms with Crippen molar-refractivity contribution in [3.05, 3.63) is 0 Å². The van der Waals surface area contributed by atoms with Crippen LogP contribution < -0.4 is 0 Å². The van der Waals surface area contributed by atoms with E-state index in [0.717, 1.165) is 0 Å². The van der Waals surface area contributed by atoms with Crippen molar-refractivity contribution in [2.24, 2.45) is 0 Å². The molecule has 3 heteroatoms. The fraction of sp³-hybridized carbons (Fsp3) is 1.00. The lowest BCUT2D eigenvalue weighted by Crippen LogP contribution is -2.19. The zero-order valence-corrected chi connectivity index (χ0v) is 9.47. The van der Waals surface area contributed by atoms with Crippen LogP contribution in [0.25, 0.3) is 0 Å². The third-order valence-electron chi connectivity index (χ3n) is 1.86. The van der Waals surface area contributed by atoms with Gasteiger partial charge in [0, 0.05) is 0 Å². The van der Waals surface area contributed by atoms with E-state index in [-0.39, 0.29) is 0 Å². The van der Waals surface area contributed by atoms with Crippen LogP contribution in [0.2, 0.25) is 12.1 Å². The average molecular weight is 199 g/mol. The fourth-order valence-electron chi connectivity index (χ4n) is 0.764. The molecule has 0 heterocycles. The Morgan fingerprint density at radius 3 is 2.20 bits per heavy atom. The van der Waals surface area contributed by atoms with Crippen LogP contribution in [0.3, 0.4) is 0 Å². The molecule has 0 amide bonds. The van der Waals surface area contributed by atoms with Gasteiger partial charge in [0.25, 0.3) is 6.69 Å². The fourth-order valence-corrected chi connectivity index (χ4v) is 2.13. The third kappa shape index (κ3) is 4.59. The summed E-state index contributed by atoms with van der Waals surface area (Å²) in [5, 5.41) is 0. The van der Waals surface area contributed by atoms with E-state index in [1.807, 2.05) is 6.55 Å². The molecule has 0 aromatic carbocycles. The van der Waals surface area contributed by atoms with Gasteiger partial charge in [-0.05, 0) is 12.1 Å². The minimum atomic E-state index is -1.85. The molecule has 0 saturated carbocycles. The number of halogens is 2. The topological polar surface area (TPSA) is 0 Å². The highest BCUT2D eigenvalue weighted by molar-refractivity contribution is 7.45. The van der Waals surface area contributed by atoms with Gasteiger partial charge in [-0.1, -0.05) is 33.1 Å². The Hall–Kier alpha value is 0.797. The summed E-state index contributed by atoms with van der Waals surface area (Å²) in [6.45, 7) is 4.49. The highest BCUT2D eigenvalue weighted by Gasteiger charge is 2.28. The normalized spacial score (nSPS) is 15.3. The van der Waals surface area contributed by atoms with Gasteiger partial charge in [0.15, 0.2) is 0 Å². The molecule has 0 aliphatic heterocycles. The average Bonchev–Trinajstić information content (AvgIpc) is 1.80. The highest BCUT2D eigenvalue weighted by atomic mass is 35.7. The Labute approximate surface area is 74.3 Å². The number of hydrogen-bond acceptors (Lipinski definition) is 0. The molecular formula is C7H16Cl2Si. The van der Waals surface area contributed by atoms with Crippen LogP contribution in [-0.2, 0) is 0 Å². The molecule has 1 atom stereocenters. The molecule has 0 aromatic heterocycles. The molecule has 0 N–H and O–H groups in total. The first-order valence-electron chi connectivity index (χ1n) is 3.86. The zero-order valence-electron chi connectivity index (χ0n) is 6.95. The molecule has 0 radical (unpaired) electrons. The molecular weight excluding hydrogens is 183 g/mol. The molecule has 0 aliphatic carbocycles. The zero-order chi connectivity index (χ0) is 8.20. The first-order chi connectivity index (χ1) is 4.48. The van der Waals surface area contributed by atoms with Crippen molar-refractivity contribution in [1.82, 2.24) is 0 Å². The second-order valence-electron chi connectivity index (χ2n) is 3.00. The highest BCUT2D eigenvalue weighted by Crippen LogP contribution is 2.33. The summed E-state index contributed by atoms with van der Waals surface area (Å²) >= 11 is 12.0. The monoisotopic (exact) mass is 198 g/mol. The predicted octanol–water partition coefficient (Wildman–Crippen LogP) is 4.12. The van der Waals surface area contributed by atoms with Crippen LogP contribution >= 0.6 is 22.2 Å². The number of rotatable bonds is 4. The quantitative estimate of drug-likeness (QED) is 0.472.